The molecule has 3 rings (SSSR count). The standard InChI is InChI=1S/C22H28N2O4S/c1-17-6-10-20(11-7-17)28-15-12-23-22(25)19-9-8-18(2)21(16-19)29(26,27)24-13-4-3-5-14-24/h6-11,16H,3-5,12-15H2,1-2H3,(H,23,25). The summed E-state index contributed by atoms with van der Waals surface area (Å²) < 4.78 is 33.1. The van der Waals surface area contributed by atoms with Gasteiger partial charge in [0, 0.05) is 18.7 Å². The molecule has 0 saturated carbocycles. The third kappa shape index (κ3) is 5.36. The summed E-state index contributed by atoms with van der Waals surface area (Å²) in [6.07, 6.45) is 2.80. The van der Waals surface area contributed by atoms with E-state index in [2.05, 4.69) is 5.32 Å². The molecule has 2 aromatic carbocycles. The van der Waals surface area contributed by atoms with Gasteiger partial charge in [-0.2, -0.15) is 4.31 Å². The first-order chi connectivity index (χ1) is 13.9. The largest absolute Gasteiger partial charge is 0.492 e. The molecule has 1 aliphatic rings. The fourth-order valence-electron chi connectivity index (χ4n) is 3.33. The molecular formula is C22H28N2O4S. The van der Waals surface area contributed by atoms with Crippen LogP contribution in [-0.4, -0.2) is 44.9 Å². The van der Waals surface area contributed by atoms with Gasteiger partial charge in [0.15, 0.2) is 0 Å². The van der Waals surface area contributed by atoms with Gasteiger partial charge >= 0.3 is 0 Å². The molecule has 156 valence electrons. The lowest BCUT2D eigenvalue weighted by molar-refractivity contribution is 0.0946. The molecule has 0 aliphatic carbocycles. The van der Waals surface area contributed by atoms with Gasteiger partial charge in [-0.3, -0.25) is 4.79 Å². The number of piperidine rings is 1. The normalized spacial score (nSPS) is 15.1. The van der Waals surface area contributed by atoms with E-state index in [9.17, 15) is 13.2 Å². The van der Waals surface area contributed by atoms with E-state index in [4.69, 9.17) is 4.74 Å². The van der Waals surface area contributed by atoms with Crippen LogP contribution in [0.25, 0.3) is 0 Å². The fourth-order valence-corrected chi connectivity index (χ4v) is 5.10. The van der Waals surface area contributed by atoms with Crippen molar-refractivity contribution in [2.75, 3.05) is 26.2 Å². The summed E-state index contributed by atoms with van der Waals surface area (Å²) in [6.45, 7) is 5.50. The Bertz CT molecular complexity index is 949. The topological polar surface area (TPSA) is 75.7 Å². The Morgan fingerprint density at radius 1 is 1.03 bits per heavy atom. The van der Waals surface area contributed by atoms with Crippen LogP contribution in [0, 0.1) is 13.8 Å². The Kier molecular flexibility index (Phi) is 6.92. The lowest BCUT2D eigenvalue weighted by Gasteiger charge is -2.26. The fraction of sp³-hybridized carbons (Fsp3) is 0.409. The Morgan fingerprint density at radius 3 is 2.41 bits per heavy atom. The van der Waals surface area contributed by atoms with E-state index < -0.39 is 10.0 Å². The van der Waals surface area contributed by atoms with Gasteiger partial charge in [-0.15, -0.1) is 0 Å². The van der Waals surface area contributed by atoms with Crippen molar-refractivity contribution in [3.63, 3.8) is 0 Å². The maximum atomic E-state index is 13.0. The highest BCUT2D eigenvalue weighted by Gasteiger charge is 2.28. The van der Waals surface area contributed by atoms with Crippen LogP contribution in [0.4, 0.5) is 0 Å². The van der Waals surface area contributed by atoms with Crippen LogP contribution in [0.5, 0.6) is 5.75 Å². The summed E-state index contributed by atoms with van der Waals surface area (Å²) >= 11 is 0. The molecule has 0 bridgehead atoms. The number of amides is 1. The molecule has 1 amide bonds. The van der Waals surface area contributed by atoms with Gasteiger partial charge in [0.1, 0.15) is 12.4 Å². The SMILES string of the molecule is Cc1ccc(OCCNC(=O)c2ccc(C)c(S(=O)(=O)N3CCCCC3)c2)cc1. The molecule has 7 heteroatoms. The minimum absolute atomic E-state index is 0.211. The molecule has 1 N–H and O–H groups in total. The number of hydrogen-bond donors (Lipinski definition) is 1. The molecule has 1 fully saturated rings. The summed E-state index contributed by atoms with van der Waals surface area (Å²) in [6, 6.07) is 12.5. The van der Waals surface area contributed by atoms with E-state index in [0.717, 1.165) is 30.6 Å². The van der Waals surface area contributed by atoms with Crippen molar-refractivity contribution >= 4 is 15.9 Å². The van der Waals surface area contributed by atoms with E-state index >= 15 is 0 Å². The Hall–Kier alpha value is -2.38. The van der Waals surface area contributed by atoms with Crippen LogP contribution in [0.3, 0.4) is 0 Å². The molecule has 29 heavy (non-hydrogen) atoms. The van der Waals surface area contributed by atoms with Crippen LogP contribution in [0.15, 0.2) is 47.4 Å². The van der Waals surface area contributed by atoms with Crippen molar-refractivity contribution < 1.29 is 17.9 Å². The lowest BCUT2D eigenvalue weighted by Crippen LogP contribution is -2.36. The molecule has 0 radical (unpaired) electrons. The number of rotatable bonds is 7. The van der Waals surface area contributed by atoms with Crippen LogP contribution in [-0.2, 0) is 10.0 Å². The van der Waals surface area contributed by atoms with Crippen LogP contribution >= 0.6 is 0 Å². The minimum atomic E-state index is -3.58. The summed E-state index contributed by atoms with van der Waals surface area (Å²) in [7, 11) is -3.58. The van der Waals surface area contributed by atoms with Crippen molar-refractivity contribution in [1.82, 2.24) is 9.62 Å². The van der Waals surface area contributed by atoms with E-state index in [1.807, 2.05) is 31.2 Å². The second kappa shape index (κ2) is 9.41. The second-order valence-corrected chi connectivity index (χ2v) is 9.27. The lowest BCUT2D eigenvalue weighted by atomic mass is 10.1. The quantitative estimate of drug-likeness (QED) is 0.703. The molecule has 0 aromatic heterocycles. The van der Waals surface area contributed by atoms with Gasteiger partial charge in [-0.05, 0) is 56.5 Å². The van der Waals surface area contributed by atoms with Crippen molar-refractivity contribution in [3.8, 4) is 5.75 Å². The number of nitrogens with zero attached hydrogens (tertiary/aromatic N) is 1. The van der Waals surface area contributed by atoms with Crippen LogP contribution < -0.4 is 10.1 Å². The molecule has 0 atom stereocenters. The number of hydrogen-bond acceptors (Lipinski definition) is 4. The molecule has 1 heterocycles. The molecule has 1 saturated heterocycles. The summed E-state index contributed by atoms with van der Waals surface area (Å²) in [5.74, 6) is 0.433. The van der Waals surface area contributed by atoms with Crippen molar-refractivity contribution in [2.45, 2.75) is 38.0 Å². The van der Waals surface area contributed by atoms with E-state index in [-0.39, 0.29) is 10.8 Å². The number of nitrogens with one attached hydrogen (secondary N) is 1. The molecule has 2 aromatic rings. The van der Waals surface area contributed by atoms with E-state index in [1.165, 1.54) is 10.4 Å². The first-order valence-corrected chi connectivity index (χ1v) is 11.4. The van der Waals surface area contributed by atoms with Gasteiger partial charge in [0.25, 0.3) is 5.91 Å². The number of sulfonamides is 1. The van der Waals surface area contributed by atoms with Crippen molar-refractivity contribution in [1.29, 1.82) is 0 Å². The highest BCUT2D eigenvalue weighted by Crippen LogP contribution is 2.24. The van der Waals surface area contributed by atoms with Gasteiger partial charge < -0.3 is 10.1 Å². The third-order valence-electron chi connectivity index (χ3n) is 5.06. The first kappa shape index (κ1) is 21.3. The molecular weight excluding hydrogens is 388 g/mol. The first-order valence-electron chi connectivity index (χ1n) is 9.96. The maximum absolute atomic E-state index is 13.0. The van der Waals surface area contributed by atoms with Crippen LogP contribution in [0.2, 0.25) is 0 Å². The van der Waals surface area contributed by atoms with E-state index in [1.54, 1.807) is 19.1 Å². The third-order valence-corrected chi connectivity index (χ3v) is 7.10. The number of benzene rings is 2. The highest BCUT2D eigenvalue weighted by atomic mass is 32.2. The molecule has 0 spiro atoms. The predicted octanol–water partition coefficient (Wildman–Crippen LogP) is 3.29. The monoisotopic (exact) mass is 416 g/mol. The average molecular weight is 417 g/mol. The summed E-state index contributed by atoms with van der Waals surface area (Å²) in [5.41, 5.74) is 2.14. The number of ether oxygens (including phenoxy) is 1. The zero-order valence-corrected chi connectivity index (χ0v) is 17.8. The average Bonchev–Trinajstić information content (AvgIpc) is 2.73. The number of carbonyl (C=O) groups is 1. The van der Waals surface area contributed by atoms with Gasteiger partial charge in [-0.1, -0.05) is 30.2 Å². The van der Waals surface area contributed by atoms with Crippen molar-refractivity contribution in [2.24, 2.45) is 0 Å². The number of carbonyl (C=O) groups excluding carboxylic acids is 1. The van der Waals surface area contributed by atoms with Crippen molar-refractivity contribution in [3.05, 3.63) is 59.2 Å². The number of aryl methyl sites for hydroxylation is 2. The summed E-state index contributed by atoms with van der Waals surface area (Å²) in [4.78, 5) is 12.7. The molecule has 1 aliphatic heterocycles. The Morgan fingerprint density at radius 2 is 1.72 bits per heavy atom. The van der Waals surface area contributed by atoms with Gasteiger partial charge in [0.2, 0.25) is 10.0 Å². The Labute approximate surface area is 172 Å². The summed E-state index contributed by atoms with van der Waals surface area (Å²) in [5, 5.41) is 2.79. The van der Waals surface area contributed by atoms with Gasteiger partial charge in [0.05, 0.1) is 11.4 Å². The smallest absolute Gasteiger partial charge is 0.251 e. The zero-order valence-electron chi connectivity index (χ0n) is 17.0. The molecule has 6 nitrogen and oxygen atoms in total. The van der Waals surface area contributed by atoms with Crippen LogP contribution in [0.1, 0.15) is 40.7 Å². The highest BCUT2D eigenvalue weighted by molar-refractivity contribution is 7.89. The van der Waals surface area contributed by atoms with E-state index in [0.29, 0.717) is 37.4 Å². The zero-order chi connectivity index (χ0) is 20.9. The predicted molar refractivity (Wildman–Crippen MR) is 113 cm³/mol. The maximum Gasteiger partial charge on any atom is 0.251 e. The minimum Gasteiger partial charge on any atom is -0.492 e. The Balaban J connectivity index is 1.62. The second-order valence-electron chi connectivity index (χ2n) is 7.36. The van der Waals surface area contributed by atoms with Gasteiger partial charge in [-0.25, -0.2) is 8.42 Å². The molecule has 0 unspecified atom stereocenters.